The van der Waals surface area contributed by atoms with Crippen molar-refractivity contribution in [2.45, 2.75) is 0 Å². The molecule has 5 heteroatoms. The first kappa shape index (κ1) is 7.23. The van der Waals surface area contributed by atoms with Crippen molar-refractivity contribution < 1.29 is 0 Å². The molecule has 0 amide bonds. The topological polar surface area (TPSA) is 33.1 Å². The summed E-state index contributed by atoms with van der Waals surface area (Å²) < 4.78 is 5.68. The Hall–Kier alpha value is -1.20. The largest absolute Gasteiger partial charge is 0.284 e. The molecule has 0 atom stereocenters. The third-order valence-corrected chi connectivity index (χ3v) is 3.13. The summed E-state index contributed by atoms with van der Waals surface area (Å²) in [5.41, 5.74) is 2.06. The number of nitrogens with one attached hydrogen (secondary N) is 1. The van der Waals surface area contributed by atoms with E-state index in [1.165, 1.54) is 11.5 Å². The smallest absolute Gasteiger partial charge is 0.213 e. The number of aromatic nitrogens is 3. The molecule has 2 heterocycles. The van der Waals surface area contributed by atoms with Crippen LogP contribution < -0.4 is 0 Å². The van der Waals surface area contributed by atoms with E-state index in [-0.39, 0.29) is 0 Å². The number of rotatable bonds is 0. The minimum Gasteiger partial charge on any atom is -0.284 e. The first-order chi connectivity index (χ1) is 6.36. The normalized spacial score (nSPS) is 11.4. The number of H-pyrrole nitrogens is 1. The summed E-state index contributed by atoms with van der Waals surface area (Å²) >= 11 is 6.61. The van der Waals surface area contributed by atoms with Crippen molar-refractivity contribution in [3.05, 3.63) is 29.0 Å². The summed E-state index contributed by atoms with van der Waals surface area (Å²) in [6.45, 7) is 0. The Labute approximate surface area is 82.8 Å². The van der Waals surface area contributed by atoms with Gasteiger partial charge < -0.3 is 0 Å². The van der Waals surface area contributed by atoms with Crippen molar-refractivity contribution in [1.29, 1.82) is 0 Å². The van der Waals surface area contributed by atoms with Crippen LogP contribution in [-0.2, 0) is 0 Å². The van der Waals surface area contributed by atoms with Crippen LogP contribution in [0.5, 0.6) is 0 Å². The molecule has 0 bridgehead atoms. The lowest BCUT2D eigenvalue weighted by atomic mass is 10.3. The molecule has 0 spiro atoms. The molecule has 3 nitrogen and oxygen atoms in total. The zero-order valence-electron chi connectivity index (χ0n) is 6.52. The van der Waals surface area contributed by atoms with Gasteiger partial charge in [-0.05, 0) is 35.9 Å². The molecule has 0 aliphatic rings. The van der Waals surface area contributed by atoms with Crippen LogP contribution in [-0.4, -0.2) is 13.8 Å². The van der Waals surface area contributed by atoms with Crippen LogP contribution in [0.15, 0.2) is 24.3 Å². The van der Waals surface area contributed by atoms with Gasteiger partial charge in [0.2, 0.25) is 4.96 Å². The summed E-state index contributed by atoms with van der Waals surface area (Å²) in [4.78, 5) is 5.34. The Bertz CT molecular complexity index is 631. The van der Waals surface area contributed by atoms with E-state index in [2.05, 4.69) is 9.36 Å². The monoisotopic (exact) mass is 207 g/mol. The maximum atomic E-state index is 5.15. The van der Waals surface area contributed by atoms with Crippen molar-refractivity contribution in [2.75, 3.05) is 0 Å². The molecule has 0 unspecified atom stereocenters. The quantitative estimate of drug-likeness (QED) is 0.575. The third-order valence-electron chi connectivity index (χ3n) is 1.96. The van der Waals surface area contributed by atoms with E-state index in [1.807, 2.05) is 28.7 Å². The van der Waals surface area contributed by atoms with Crippen molar-refractivity contribution in [2.24, 2.45) is 0 Å². The van der Waals surface area contributed by atoms with Gasteiger partial charge in [0.05, 0.1) is 11.0 Å². The van der Waals surface area contributed by atoms with E-state index in [0.717, 1.165) is 16.0 Å². The van der Waals surface area contributed by atoms with Crippen molar-refractivity contribution in [1.82, 2.24) is 13.8 Å². The Morgan fingerprint density at radius 1 is 1.38 bits per heavy atom. The van der Waals surface area contributed by atoms with E-state index in [9.17, 15) is 0 Å². The average molecular weight is 207 g/mol. The van der Waals surface area contributed by atoms with Crippen LogP contribution in [0.1, 0.15) is 0 Å². The molecule has 64 valence electrons. The second-order valence-corrected chi connectivity index (χ2v) is 3.89. The molecule has 13 heavy (non-hydrogen) atoms. The third kappa shape index (κ3) is 0.882. The Morgan fingerprint density at radius 3 is 3.15 bits per heavy atom. The molecule has 1 aromatic carbocycles. The highest BCUT2D eigenvalue weighted by Crippen LogP contribution is 2.18. The van der Waals surface area contributed by atoms with E-state index in [4.69, 9.17) is 12.2 Å². The first-order valence-corrected chi connectivity index (χ1v) is 5.03. The minimum atomic E-state index is 0.716. The fourth-order valence-electron chi connectivity index (χ4n) is 1.40. The maximum absolute atomic E-state index is 5.15. The van der Waals surface area contributed by atoms with Gasteiger partial charge in [-0.2, -0.15) is 0 Å². The van der Waals surface area contributed by atoms with Gasteiger partial charge in [-0.25, -0.2) is 4.98 Å². The van der Waals surface area contributed by atoms with Crippen LogP contribution in [0.25, 0.3) is 16.0 Å². The summed E-state index contributed by atoms with van der Waals surface area (Å²) in [5.74, 6) is 0. The highest BCUT2D eigenvalue weighted by Gasteiger charge is 2.05. The number of fused-ring (bicyclic) bond motifs is 3. The molecular formula is C8H5N3S2. The molecular weight excluding hydrogens is 202 g/mol. The van der Waals surface area contributed by atoms with E-state index in [0.29, 0.717) is 4.77 Å². The molecule has 1 N–H and O–H groups in total. The fourth-order valence-corrected chi connectivity index (χ4v) is 2.47. The van der Waals surface area contributed by atoms with Crippen LogP contribution in [0, 0.1) is 4.77 Å². The molecule has 0 aliphatic heterocycles. The molecule has 2 aromatic heterocycles. The van der Waals surface area contributed by atoms with Gasteiger partial charge in [-0.15, -0.1) is 0 Å². The number of para-hydroxylation sites is 2. The molecule has 0 aliphatic carbocycles. The lowest BCUT2D eigenvalue weighted by Crippen LogP contribution is -1.78. The molecule has 3 rings (SSSR count). The summed E-state index contributed by atoms with van der Waals surface area (Å²) in [6.07, 6.45) is 0. The van der Waals surface area contributed by atoms with E-state index in [1.54, 1.807) is 0 Å². The minimum absolute atomic E-state index is 0.716. The Balaban J connectivity index is 2.75. The van der Waals surface area contributed by atoms with Crippen LogP contribution in [0.3, 0.4) is 0 Å². The lowest BCUT2D eigenvalue weighted by Gasteiger charge is -1.86. The van der Waals surface area contributed by atoms with Gasteiger partial charge in [-0.1, -0.05) is 12.1 Å². The van der Waals surface area contributed by atoms with Gasteiger partial charge in [0.1, 0.15) is 0 Å². The number of imidazole rings is 1. The highest BCUT2D eigenvalue weighted by atomic mass is 32.1. The number of hydrogen-bond acceptors (Lipinski definition) is 3. The van der Waals surface area contributed by atoms with Gasteiger partial charge in [-0.3, -0.25) is 8.77 Å². The molecule has 3 aromatic rings. The predicted octanol–water partition coefficient (Wildman–Crippen LogP) is 2.61. The Morgan fingerprint density at radius 2 is 2.23 bits per heavy atom. The average Bonchev–Trinajstić information content (AvgIpc) is 2.66. The highest BCUT2D eigenvalue weighted by molar-refractivity contribution is 7.71. The molecule has 0 saturated carbocycles. The number of nitrogens with zero attached hydrogens (tertiary/aromatic N) is 2. The molecule has 0 fully saturated rings. The van der Waals surface area contributed by atoms with Gasteiger partial charge in [0.25, 0.3) is 0 Å². The maximum Gasteiger partial charge on any atom is 0.213 e. The van der Waals surface area contributed by atoms with Crippen LogP contribution in [0.2, 0.25) is 0 Å². The van der Waals surface area contributed by atoms with E-state index >= 15 is 0 Å². The van der Waals surface area contributed by atoms with Crippen LogP contribution in [0.4, 0.5) is 0 Å². The number of hydrogen-bond donors (Lipinski definition) is 1. The van der Waals surface area contributed by atoms with Crippen molar-refractivity contribution >= 4 is 39.7 Å². The standard InChI is InChI=1S/C8H5N3S2/c12-7-10-13-8-9-5-3-1-2-4-6(5)11(7)8/h1-4H,(H,10,12). The SMILES string of the molecule is S=c1[nH]sc2nc3ccccc3n12. The molecule has 0 saturated heterocycles. The summed E-state index contributed by atoms with van der Waals surface area (Å²) in [5, 5.41) is 0. The van der Waals surface area contributed by atoms with E-state index < -0.39 is 0 Å². The van der Waals surface area contributed by atoms with Crippen molar-refractivity contribution in [3.8, 4) is 0 Å². The lowest BCUT2D eigenvalue weighted by molar-refractivity contribution is 1.19. The summed E-state index contributed by atoms with van der Waals surface area (Å²) in [7, 11) is 0. The molecule has 0 radical (unpaired) electrons. The first-order valence-electron chi connectivity index (χ1n) is 3.81. The second-order valence-electron chi connectivity index (χ2n) is 2.73. The van der Waals surface area contributed by atoms with Gasteiger partial charge >= 0.3 is 0 Å². The predicted molar refractivity (Wildman–Crippen MR) is 55.8 cm³/mol. The second kappa shape index (κ2) is 2.40. The zero-order chi connectivity index (χ0) is 8.84. The van der Waals surface area contributed by atoms with Gasteiger partial charge in [0.15, 0.2) is 4.77 Å². The van der Waals surface area contributed by atoms with Crippen molar-refractivity contribution in [3.63, 3.8) is 0 Å². The van der Waals surface area contributed by atoms with Crippen LogP contribution >= 0.6 is 23.8 Å². The number of aromatic amines is 1. The number of benzene rings is 1. The zero-order valence-corrected chi connectivity index (χ0v) is 8.15. The fraction of sp³-hybridized carbons (Fsp3) is 0. The van der Waals surface area contributed by atoms with Gasteiger partial charge in [0, 0.05) is 0 Å². The summed E-state index contributed by atoms with van der Waals surface area (Å²) in [6, 6.07) is 7.98. The Kier molecular flexibility index (Phi) is 1.33.